The maximum absolute atomic E-state index is 12.8. The maximum atomic E-state index is 12.8. The van der Waals surface area contributed by atoms with Gasteiger partial charge in [-0.05, 0) is 37.1 Å². The van der Waals surface area contributed by atoms with Crippen molar-refractivity contribution in [2.75, 3.05) is 36.4 Å². The van der Waals surface area contributed by atoms with Gasteiger partial charge in [-0.1, -0.05) is 18.2 Å². The van der Waals surface area contributed by atoms with Crippen LogP contribution in [0.4, 0.5) is 17.1 Å². The first-order chi connectivity index (χ1) is 14.6. The van der Waals surface area contributed by atoms with Gasteiger partial charge in [0.2, 0.25) is 0 Å². The molecular weight excluding hydrogens is 384 g/mol. The van der Waals surface area contributed by atoms with Gasteiger partial charge in [-0.3, -0.25) is 14.9 Å². The summed E-state index contributed by atoms with van der Waals surface area (Å²) >= 11 is 0. The Morgan fingerprint density at radius 3 is 2.53 bits per heavy atom. The molecule has 0 spiro atoms. The molecule has 1 saturated carbocycles. The van der Waals surface area contributed by atoms with E-state index < -0.39 is 0 Å². The number of carbonyl (C=O) groups excluding carboxylic acids is 1. The summed E-state index contributed by atoms with van der Waals surface area (Å²) in [6.07, 6.45) is 2.09. The second-order valence-corrected chi connectivity index (χ2v) is 7.80. The molecule has 1 amide bonds. The zero-order valence-corrected chi connectivity index (χ0v) is 16.4. The minimum Gasteiger partial charge on any atom is -0.451 e. The van der Waals surface area contributed by atoms with Crippen molar-refractivity contribution in [2.24, 2.45) is 0 Å². The van der Waals surface area contributed by atoms with E-state index in [-0.39, 0.29) is 16.5 Å². The maximum Gasteiger partial charge on any atom is 0.292 e. The predicted octanol–water partition coefficient (Wildman–Crippen LogP) is 3.88. The predicted molar refractivity (Wildman–Crippen MR) is 114 cm³/mol. The number of amides is 1. The highest BCUT2D eigenvalue weighted by Gasteiger charge is 2.28. The first-order valence-electron chi connectivity index (χ1n) is 10.2. The third-order valence-corrected chi connectivity index (χ3v) is 5.68. The van der Waals surface area contributed by atoms with Crippen LogP contribution in [0.15, 0.2) is 52.9 Å². The average Bonchev–Trinajstić information content (AvgIpc) is 3.47. The molecule has 2 aliphatic rings. The molecule has 2 fully saturated rings. The molecule has 5 rings (SSSR count). The lowest BCUT2D eigenvalue weighted by Gasteiger charge is -2.35. The molecule has 0 radical (unpaired) electrons. The highest BCUT2D eigenvalue weighted by molar-refractivity contribution is 5.96. The molecule has 1 aromatic heterocycles. The van der Waals surface area contributed by atoms with Crippen molar-refractivity contribution in [1.82, 2.24) is 4.90 Å². The topological polar surface area (TPSA) is 91.9 Å². The molecular formula is C22H22N4O4. The number of nitrogens with zero attached hydrogens (tertiary/aromatic N) is 3. The van der Waals surface area contributed by atoms with E-state index in [9.17, 15) is 14.9 Å². The van der Waals surface area contributed by atoms with Gasteiger partial charge in [-0.15, -0.1) is 0 Å². The SMILES string of the molecule is O=C(c1cc2ccccc2o1)N1CCN(c2ccc([N+](=O)[O-])c(NC3CC3)c2)CC1. The van der Waals surface area contributed by atoms with Crippen LogP contribution < -0.4 is 10.2 Å². The molecule has 0 bridgehead atoms. The van der Waals surface area contributed by atoms with E-state index in [0.717, 1.165) is 23.9 Å². The van der Waals surface area contributed by atoms with Crippen LogP contribution in [-0.4, -0.2) is 48.0 Å². The van der Waals surface area contributed by atoms with E-state index in [0.29, 0.717) is 49.3 Å². The summed E-state index contributed by atoms with van der Waals surface area (Å²) in [5.41, 5.74) is 2.31. The summed E-state index contributed by atoms with van der Waals surface area (Å²) in [7, 11) is 0. The highest BCUT2D eigenvalue weighted by Crippen LogP contribution is 2.34. The molecule has 8 heteroatoms. The van der Waals surface area contributed by atoms with Gasteiger partial charge >= 0.3 is 0 Å². The van der Waals surface area contributed by atoms with E-state index in [1.165, 1.54) is 0 Å². The van der Waals surface area contributed by atoms with Gasteiger partial charge in [0.15, 0.2) is 5.76 Å². The van der Waals surface area contributed by atoms with Crippen molar-refractivity contribution in [3.63, 3.8) is 0 Å². The van der Waals surface area contributed by atoms with Crippen LogP contribution in [0, 0.1) is 10.1 Å². The van der Waals surface area contributed by atoms with Gasteiger partial charge in [-0.25, -0.2) is 0 Å². The standard InChI is InChI=1S/C22H22N4O4/c27-22(21-13-15-3-1-2-4-20(15)30-21)25-11-9-24(10-12-25)17-7-8-19(26(28)29)18(14-17)23-16-5-6-16/h1-4,7-8,13-14,16,23H,5-6,9-12H2. The Bertz CT molecular complexity index is 1080. The number of furan rings is 1. The van der Waals surface area contributed by atoms with E-state index in [4.69, 9.17) is 4.42 Å². The number of hydrogen-bond donors (Lipinski definition) is 1. The van der Waals surface area contributed by atoms with Crippen LogP contribution in [0.1, 0.15) is 23.4 Å². The molecule has 3 aromatic rings. The van der Waals surface area contributed by atoms with E-state index >= 15 is 0 Å². The first-order valence-corrected chi connectivity index (χ1v) is 10.2. The largest absolute Gasteiger partial charge is 0.451 e. The van der Waals surface area contributed by atoms with Crippen molar-refractivity contribution in [2.45, 2.75) is 18.9 Å². The van der Waals surface area contributed by atoms with Crippen molar-refractivity contribution in [3.8, 4) is 0 Å². The van der Waals surface area contributed by atoms with Gasteiger partial charge < -0.3 is 19.5 Å². The Hall–Kier alpha value is -3.55. The lowest BCUT2D eigenvalue weighted by molar-refractivity contribution is -0.384. The number of benzene rings is 2. The molecule has 2 heterocycles. The lowest BCUT2D eigenvalue weighted by Crippen LogP contribution is -2.48. The summed E-state index contributed by atoms with van der Waals surface area (Å²) < 4.78 is 5.71. The van der Waals surface area contributed by atoms with Crippen LogP contribution in [-0.2, 0) is 0 Å². The number of rotatable bonds is 5. The fourth-order valence-corrected chi connectivity index (χ4v) is 3.85. The number of nitro benzene ring substituents is 1. The highest BCUT2D eigenvalue weighted by atomic mass is 16.6. The Labute approximate surface area is 173 Å². The molecule has 1 aliphatic carbocycles. The van der Waals surface area contributed by atoms with Crippen LogP contribution in [0.2, 0.25) is 0 Å². The second-order valence-electron chi connectivity index (χ2n) is 7.80. The summed E-state index contributed by atoms with van der Waals surface area (Å²) in [6.45, 7) is 2.45. The number of piperazine rings is 1. The fraction of sp³-hybridized carbons (Fsp3) is 0.318. The van der Waals surface area contributed by atoms with Crippen LogP contribution >= 0.6 is 0 Å². The smallest absolute Gasteiger partial charge is 0.292 e. The third kappa shape index (κ3) is 3.56. The fourth-order valence-electron chi connectivity index (χ4n) is 3.85. The number of para-hydroxylation sites is 1. The minimum absolute atomic E-state index is 0.101. The quantitative estimate of drug-likeness (QED) is 0.511. The first kappa shape index (κ1) is 18.5. The van der Waals surface area contributed by atoms with Crippen molar-refractivity contribution >= 4 is 33.9 Å². The normalized spacial score (nSPS) is 16.7. The monoisotopic (exact) mass is 406 g/mol. The lowest BCUT2D eigenvalue weighted by atomic mass is 10.2. The number of nitro groups is 1. The van der Waals surface area contributed by atoms with Gasteiger partial charge in [0.1, 0.15) is 11.3 Å². The summed E-state index contributed by atoms with van der Waals surface area (Å²) in [5, 5.41) is 15.5. The molecule has 0 unspecified atom stereocenters. The Balaban J connectivity index is 1.28. The Morgan fingerprint density at radius 2 is 1.83 bits per heavy atom. The van der Waals surface area contributed by atoms with E-state index in [2.05, 4.69) is 10.2 Å². The summed E-state index contributed by atoms with van der Waals surface area (Å²) in [5.74, 6) is 0.251. The molecule has 1 saturated heterocycles. The number of hydrogen-bond acceptors (Lipinski definition) is 6. The minimum atomic E-state index is -0.349. The van der Waals surface area contributed by atoms with Crippen molar-refractivity contribution in [1.29, 1.82) is 0 Å². The van der Waals surface area contributed by atoms with Crippen molar-refractivity contribution in [3.05, 3.63) is 64.4 Å². The molecule has 8 nitrogen and oxygen atoms in total. The molecule has 2 aromatic carbocycles. The number of fused-ring (bicyclic) bond motifs is 1. The Kier molecular flexibility index (Phi) is 4.54. The van der Waals surface area contributed by atoms with Gasteiger partial charge in [-0.2, -0.15) is 0 Å². The number of anilines is 2. The number of carbonyl (C=O) groups is 1. The van der Waals surface area contributed by atoms with Gasteiger partial charge in [0.25, 0.3) is 11.6 Å². The van der Waals surface area contributed by atoms with Gasteiger partial charge in [0.05, 0.1) is 4.92 Å². The third-order valence-electron chi connectivity index (χ3n) is 5.68. The van der Waals surface area contributed by atoms with Crippen molar-refractivity contribution < 1.29 is 14.1 Å². The van der Waals surface area contributed by atoms with Gasteiger partial charge in [0, 0.05) is 49.4 Å². The molecule has 1 aliphatic heterocycles. The molecule has 154 valence electrons. The second kappa shape index (κ2) is 7.37. The van der Waals surface area contributed by atoms with Crippen LogP contribution in [0.25, 0.3) is 11.0 Å². The van der Waals surface area contributed by atoms with E-state index in [1.54, 1.807) is 23.1 Å². The number of nitrogens with one attached hydrogen (secondary N) is 1. The molecule has 0 atom stereocenters. The van der Waals surface area contributed by atoms with E-state index in [1.807, 2.05) is 30.3 Å². The zero-order valence-electron chi connectivity index (χ0n) is 16.4. The zero-order chi connectivity index (χ0) is 20.7. The summed E-state index contributed by atoms with van der Waals surface area (Å²) in [6, 6.07) is 14.9. The van der Waals surface area contributed by atoms with Crippen LogP contribution in [0.5, 0.6) is 0 Å². The Morgan fingerprint density at radius 1 is 1.07 bits per heavy atom. The molecule has 30 heavy (non-hydrogen) atoms. The average molecular weight is 406 g/mol. The van der Waals surface area contributed by atoms with Crippen LogP contribution in [0.3, 0.4) is 0 Å². The summed E-state index contributed by atoms with van der Waals surface area (Å²) in [4.78, 5) is 27.8. The molecule has 1 N–H and O–H groups in total.